The van der Waals surface area contributed by atoms with Crippen molar-refractivity contribution in [3.63, 3.8) is 0 Å². The van der Waals surface area contributed by atoms with Crippen molar-refractivity contribution in [2.45, 2.75) is 26.7 Å². The first-order valence-corrected chi connectivity index (χ1v) is 10.3. The summed E-state index contributed by atoms with van der Waals surface area (Å²) in [4.78, 5) is 12.2. The number of para-hydroxylation sites is 1. The summed E-state index contributed by atoms with van der Waals surface area (Å²) in [7, 11) is 3.24. The lowest BCUT2D eigenvalue weighted by atomic mass is 10.1. The Balaban J connectivity index is 1.92. The molecule has 0 aliphatic heterocycles. The highest BCUT2D eigenvalue weighted by Gasteiger charge is 2.20. The van der Waals surface area contributed by atoms with Crippen molar-refractivity contribution < 1.29 is 19.0 Å². The van der Waals surface area contributed by atoms with E-state index in [1.54, 1.807) is 18.9 Å². The number of hydrogen-bond acceptors (Lipinski definition) is 5. The number of aromatic nitrogens is 2. The molecule has 0 radical (unpaired) electrons. The highest BCUT2D eigenvalue weighted by Crippen LogP contribution is 2.33. The number of aryl methyl sites for hydroxylation is 2. The Bertz CT molecular complexity index is 1010. The van der Waals surface area contributed by atoms with Crippen LogP contribution in [-0.2, 0) is 16.0 Å². The monoisotopic (exact) mass is 423 g/mol. The third-order valence-corrected chi connectivity index (χ3v) is 4.98. The minimum atomic E-state index is -0.0320. The smallest absolute Gasteiger partial charge is 0.226 e. The molecule has 164 valence electrons. The van der Waals surface area contributed by atoms with Crippen LogP contribution >= 0.6 is 0 Å². The van der Waals surface area contributed by atoms with Crippen molar-refractivity contribution >= 4 is 5.91 Å². The van der Waals surface area contributed by atoms with Crippen molar-refractivity contribution in [3.05, 3.63) is 65.4 Å². The number of methoxy groups -OCH3 is 2. The zero-order chi connectivity index (χ0) is 22.2. The summed E-state index contributed by atoms with van der Waals surface area (Å²) in [5, 5.41) is 7.57. The quantitative estimate of drug-likeness (QED) is 0.499. The lowest BCUT2D eigenvalue weighted by molar-refractivity contribution is -0.121. The van der Waals surface area contributed by atoms with E-state index in [0.717, 1.165) is 34.0 Å². The molecule has 1 heterocycles. The van der Waals surface area contributed by atoms with E-state index >= 15 is 0 Å². The van der Waals surface area contributed by atoms with Gasteiger partial charge in [-0.2, -0.15) is 5.10 Å². The lowest BCUT2D eigenvalue weighted by Gasteiger charge is -2.13. The number of nitrogens with one attached hydrogen (secondary N) is 1. The van der Waals surface area contributed by atoms with Gasteiger partial charge in [-0.05, 0) is 56.2 Å². The number of carbonyl (C=O) groups is 1. The molecule has 1 aromatic heterocycles. The molecule has 7 heteroatoms. The fourth-order valence-electron chi connectivity index (χ4n) is 3.22. The lowest BCUT2D eigenvalue weighted by Crippen LogP contribution is -2.27. The van der Waals surface area contributed by atoms with Gasteiger partial charge in [0.1, 0.15) is 11.5 Å². The van der Waals surface area contributed by atoms with E-state index in [9.17, 15) is 4.79 Å². The molecule has 0 fully saturated rings. The molecule has 0 aliphatic carbocycles. The molecule has 0 atom stereocenters. The third-order valence-electron chi connectivity index (χ3n) is 4.98. The molecular weight excluding hydrogens is 394 g/mol. The van der Waals surface area contributed by atoms with E-state index < -0.39 is 0 Å². The van der Waals surface area contributed by atoms with Gasteiger partial charge in [0.15, 0.2) is 0 Å². The van der Waals surface area contributed by atoms with Gasteiger partial charge in [0.05, 0.1) is 25.1 Å². The fraction of sp³-hybridized carbons (Fsp3) is 0.333. The first kappa shape index (κ1) is 22.4. The number of hydrogen-bond donors (Lipinski definition) is 1. The van der Waals surface area contributed by atoms with Crippen molar-refractivity contribution in [2.75, 3.05) is 27.4 Å². The Morgan fingerprint density at radius 2 is 1.81 bits per heavy atom. The van der Waals surface area contributed by atoms with Crippen LogP contribution in [0.25, 0.3) is 5.69 Å². The molecule has 0 aliphatic rings. The molecule has 7 nitrogen and oxygen atoms in total. The van der Waals surface area contributed by atoms with Crippen LogP contribution in [0.5, 0.6) is 17.4 Å². The summed E-state index contributed by atoms with van der Waals surface area (Å²) in [5.74, 6) is 2.10. The minimum absolute atomic E-state index is 0.0320. The predicted octanol–water partition coefficient (Wildman–Crippen LogP) is 3.99. The molecule has 1 N–H and O–H groups in total. The Hall–Kier alpha value is -3.32. The average Bonchev–Trinajstić information content (AvgIpc) is 3.09. The maximum atomic E-state index is 12.2. The predicted molar refractivity (Wildman–Crippen MR) is 119 cm³/mol. The molecular formula is C24H29N3O4. The van der Waals surface area contributed by atoms with E-state index in [-0.39, 0.29) is 5.91 Å². The second-order valence-electron chi connectivity index (χ2n) is 7.19. The van der Waals surface area contributed by atoms with Gasteiger partial charge < -0.3 is 19.5 Å². The van der Waals surface area contributed by atoms with Crippen LogP contribution in [0.4, 0.5) is 0 Å². The summed E-state index contributed by atoms with van der Waals surface area (Å²) in [6, 6.07) is 15.5. The topological polar surface area (TPSA) is 74.6 Å². The number of nitrogens with zero attached hydrogens (tertiary/aromatic N) is 2. The second-order valence-corrected chi connectivity index (χ2v) is 7.19. The summed E-state index contributed by atoms with van der Waals surface area (Å²) in [5.41, 5.74) is 3.60. The Labute approximate surface area is 182 Å². The molecule has 2 aromatic carbocycles. The third kappa shape index (κ3) is 5.64. The van der Waals surface area contributed by atoms with Crippen LogP contribution in [-0.4, -0.2) is 43.1 Å². The van der Waals surface area contributed by atoms with Gasteiger partial charge >= 0.3 is 0 Å². The van der Waals surface area contributed by atoms with Crippen LogP contribution < -0.4 is 14.8 Å². The van der Waals surface area contributed by atoms with Crippen LogP contribution in [0.2, 0.25) is 0 Å². The largest absolute Gasteiger partial charge is 0.497 e. The van der Waals surface area contributed by atoms with Gasteiger partial charge in [-0.1, -0.05) is 18.2 Å². The Kier molecular flexibility index (Phi) is 7.67. The maximum Gasteiger partial charge on any atom is 0.226 e. The first-order valence-electron chi connectivity index (χ1n) is 10.3. The Morgan fingerprint density at radius 3 is 2.48 bits per heavy atom. The second kappa shape index (κ2) is 10.6. The van der Waals surface area contributed by atoms with Gasteiger partial charge in [-0.3, -0.25) is 4.79 Å². The van der Waals surface area contributed by atoms with E-state index in [1.165, 1.54) is 0 Å². The van der Waals surface area contributed by atoms with Gasteiger partial charge in [0.2, 0.25) is 11.8 Å². The number of amides is 1. The number of rotatable bonds is 10. The molecule has 3 aromatic rings. The highest BCUT2D eigenvalue weighted by molar-refractivity contribution is 5.76. The van der Waals surface area contributed by atoms with Crippen LogP contribution in [0.15, 0.2) is 48.5 Å². The molecule has 0 saturated heterocycles. The minimum Gasteiger partial charge on any atom is -0.497 e. The molecule has 0 unspecified atom stereocenters. The summed E-state index contributed by atoms with van der Waals surface area (Å²) in [6.07, 6.45) is 0.852. The number of ether oxygens (including phenoxy) is 3. The summed E-state index contributed by atoms with van der Waals surface area (Å²) in [6.45, 7) is 4.91. The average molecular weight is 424 g/mol. The van der Waals surface area contributed by atoms with Crippen LogP contribution in [0.1, 0.15) is 23.2 Å². The molecule has 3 rings (SSSR count). The highest BCUT2D eigenvalue weighted by atomic mass is 16.5. The normalized spacial score (nSPS) is 10.7. The maximum absolute atomic E-state index is 12.2. The molecule has 0 spiro atoms. The van der Waals surface area contributed by atoms with Gasteiger partial charge in [0.25, 0.3) is 0 Å². The number of benzene rings is 2. The fourth-order valence-corrected chi connectivity index (χ4v) is 3.22. The summed E-state index contributed by atoms with van der Waals surface area (Å²) < 4.78 is 18.4. The van der Waals surface area contributed by atoms with E-state index in [4.69, 9.17) is 19.3 Å². The SMILES string of the molecule is COCCNC(=O)CCc1c(C)nn(-c2ccc(OC)cc2)c1Oc1ccccc1C. The Morgan fingerprint density at radius 1 is 1.06 bits per heavy atom. The van der Waals surface area contributed by atoms with Crippen LogP contribution in [0, 0.1) is 13.8 Å². The van der Waals surface area contributed by atoms with Crippen LogP contribution in [0.3, 0.4) is 0 Å². The first-order chi connectivity index (χ1) is 15.0. The van der Waals surface area contributed by atoms with Crippen molar-refractivity contribution in [2.24, 2.45) is 0 Å². The van der Waals surface area contributed by atoms with E-state index in [0.29, 0.717) is 31.9 Å². The van der Waals surface area contributed by atoms with Crippen molar-refractivity contribution in [3.8, 4) is 23.1 Å². The standard InChI is InChI=1S/C24H29N3O4/c1-17-7-5-6-8-22(17)31-24-21(13-14-23(28)25-15-16-29-3)18(2)26-27(24)19-9-11-20(30-4)12-10-19/h5-12H,13-16H2,1-4H3,(H,25,28). The van der Waals surface area contributed by atoms with Crippen molar-refractivity contribution in [1.29, 1.82) is 0 Å². The zero-order valence-electron chi connectivity index (χ0n) is 18.5. The summed E-state index contributed by atoms with van der Waals surface area (Å²) >= 11 is 0. The zero-order valence-corrected chi connectivity index (χ0v) is 18.5. The van der Waals surface area contributed by atoms with Gasteiger partial charge in [-0.25, -0.2) is 4.68 Å². The molecule has 0 saturated carbocycles. The van der Waals surface area contributed by atoms with Crippen molar-refractivity contribution in [1.82, 2.24) is 15.1 Å². The molecule has 31 heavy (non-hydrogen) atoms. The van der Waals surface area contributed by atoms with Gasteiger partial charge in [-0.15, -0.1) is 0 Å². The van der Waals surface area contributed by atoms with E-state index in [2.05, 4.69) is 5.32 Å². The molecule has 0 bridgehead atoms. The number of carbonyl (C=O) groups excluding carboxylic acids is 1. The van der Waals surface area contributed by atoms with Gasteiger partial charge in [0, 0.05) is 25.6 Å². The van der Waals surface area contributed by atoms with E-state index in [1.807, 2.05) is 62.4 Å². The molecule has 1 amide bonds.